The maximum atomic E-state index is 5.45. The van der Waals surface area contributed by atoms with Gasteiger partial charge in [0.2, 0.25) is 0 Å². The van der Waals surface area contributed by atoms with Crippen molar-refractivity contribution in [1.82, 2.24) is 15.5 Å². The van der Waals surface area contributed by atoms with Crippen LogP contribution in [0.1, 0.15) is 34.1 Å². The molecule has 5 nitrogen and oxygen atoms in total. The van der Waals surface area contributed by atoms with E-state index in [0.717, 1.165) is 45.2 Å². The summed E-state index contributed by atoms with van der Waals surface area (Å²) >= 11 is 0. The van der Waals surface area contributed by atoms with Gasteiger partial charge in [0.25, 0.3) is 0 Å². The molecule has 0 aromatic carbocycles. The van der Waals surface area contributed by atoms with Gasteiger partial charge in [-0.1, -0.05) is 20.8 Å². The Balaban J connectivity index is 0.00000400. The molecule has 0 aromatic rings. The van der Waals surface area contributed by atoms with Gasteiger partial charge < -0.3 is 15.4 Å². The van der Waals surface area contributed by atoms with Gasteiger partial charge in [0.05, 0.1) is 13.2 Å². The molecule has 0 aromatic heterocycles. The third-order valence-corrected chi connectivity index (χ3v) is 3.98. The molecule has 21 heavy (non-hydrogen) atoms. The Morgan fingerprint density at radius 2 is 1.86 bits per heavy atom. The SMILES string of the molecule is CCC(C)NC(=NC)NCC(C(C)C)N1CCOCC1.I. The largest absolute Gasteiger partial charge is 0.379 e. The van der Waals surface area contributed by atoms with E-state index in [2.05, 4.69) is 48.2 Å². The summed E-state index contributed by atoms with van der Waals surface area (Å²) in [5, 5.41) is 6.88. The molecule has 1 fully saturated rings. The molecule has 0 bridgehead atoms. The van der Waals surface area contributed by atoms with Gasteiger partial charge >= 0.3 is 0 Å². The molecule has 1 rings (SSSR count). The smallest absolute Gasteiger partial charge is 0.191 e. The van der Waals surface area contributed by atoms with E-state index in [1.165, 1.54) is 0 Å². The zero-order chi connectivity index (χ0) is 15.0. The molecule has 1 aliphatic rings. The van der Waals surface area contributed by atoms with E-state index in [-0.39, 0.29) is 24.0 Å². The van der Waals surface area contributed by atoms with Gasteiger partial charge in [-0.05, 0) is 19.3 Å². The molecular formula is C15H33IN4O. The van der Waals surface area contributed by atoms with Crippen LogP contribution in [0.4, 0.5) is 0 Å². The molecule has 2 unspecified atom stereocenters. The predicted molar refractivity (Wildman–Crippen MR) is 101 cm³/mol. The fourth-order valence-corrected chi connectivity index (χ4v) is 2.43. The van der Waals surface area contributed by atoms with Gasteiger partial charge in [-0.2, -0.15) is 0 Å². The van der Waals surface area contributed by atoms with Crippen molar-refractivity contribution in [3.8, 4) is 0 Å². The first-order valence-corrected chi connectivity index (χ1v) is 7.87. The highest BCUT2D eigenvalue weighted by molar-refractivity contribution is 14.0. The van der Waals surface area contributed by atoms with Crippen molar-refractivity contribution in [3.63, 3.8) is 0 Å². The summed E-state index contributed by atoms with van der Waals surface area (Å²) in [5.74, 6) is 1.51. The summed E-state index contributed by atoms with van der Waals surface area (Å²) in [4.78, 5) is 6.83. The van der Waals surface area contributed by atoms with Crippen LogP contribution in [0.5, 0.6) is 0 Å². The quantitative estimate of drug-likeness (QED) is 0.398. The minimum absolute atomic E-state index is 0. The van der Waals surface area contributed by atoms with Crippen LogP contribution >= 0.6 is 24.0 Å². The van der Waals surface area contributed by atoms with Crippen LogP contribution in [0.3, 0.4) is 0 Å². The molecule has 2 N–H and O–H groups in total. The second-order valence-corrected chi connectivity index (χ2v) is 5.87. The van der Waals surface area contributed by atoms with E-state index in [1.54, 1.807) is 0 Å². The summed E-state index contributed by atoms with van der Waals surface area (Å²) < 4.78 is 5.45. The van der Waals surface area contributed by atoms with Crippen molar-refractivity contribution in [1.29, 1.82) is 0 Å². The number of morpholine rings is 1. The van der Waals surface area contributed by atoms with Crippen LogP contribution in [0.15, 0.2) is 4.99 Å². The number of halogens is 1. The molecule has 0 aliphatic carbocycles. The molecular weight excluding hydrogens is 379 g/mol. The first kappa shape index (κ1) is 20.9. The average molecular weight is 412 g/mol. The molecule has 0 saturated carbocycles. The highest BCUT2D eigenvalue weighted by Crippen LogP contribution is 2.12. The molecule has 2 atom stereocenters. The summed E-state index contributed by atoms with van der Waals surface area (Å²) in [6.07, 6.45) is 1.10. The van der Waals surface area contributed by atoms with Gasteiger partial charge in [0.1, 0.15) is 0 Å². The molecule has 1 aliphatic heterocycles. The van der Waals surface area contributed by atoms with Crippen molar-refractivity contribution in [2.75, 3.05) is 39.9 Å². The average Bonchev–Trinajstić information content (AvgIpc) is 2.46. The third kappa shape index (κ3) is 7.65. The number of ether oxygens (including phenoxy) is 1. The highest BCUT2D eigenvalue weighted by Gasteiger charge is 2.23. The lowest BCUT2D eigenvalue weighted by atomic mass is 10.0. The first-order chi connectivity index (χ1) is 9.58. The van der Waals surface area contributed by atoms with E-state index in [1.807, 2.05) is 7.05 Å². The summed E-state index contributed by atoms with van der Waals surface area (Å²) in [6.45, 7) is 13.6. The minimum Gasteiger partial charge on any atom is -0.379 e. The standard InChI is InChI=1S/C15H32N4O.HI/c1-6-13(4)18-15(16-5)17-11-14(12(2)3)19-7-9-20-10-8-19;/h12-14H,6-11H2,1-5H3,(H2,16,17,18);1H. The minimum atomic E-state index is 0. The lowest BCUT2D eigenvalue weighted by molar-refractivity contribution is 0.00751. The number of nitrogens with one attached hydrogen (secondary N) is 2. The van der Waals surface area contributed by atoms with E-state index < -0.39 is 0 Å². The van der Waals surface area contributed by atoms with Crippen molar-refractivity contribution in [3.05, 3.63) is 0 Å². The Labute approximate surface area is 147 Å². The van der Waals surface area contributed by atoms with Crippen molar-refractivity contribution in [2.24, 2.45) is 10.9 Å². The number of hydrogen-bond acceptors (Lipinski definition) is 3. The zero-order valence-electron chi connectivity index (χ0n) is 14.2. The molecule has 0 amide bonds. The molecule has 1 saturated heterocycles. The lowest BCUT2D eigenvalue weighted by Crippen LogP contribution is -2.53. The van der Waals surface area contributed by atoms with E-state index in [9.17, 15) is 0 Å². The number of rotatable bonds is 6. The second-order valence-electron chi connectivity index (χ2n) is 5.87. The van der Waals surface area contributed by atoms with Crippen LogP contribution in [0, 0.1) is 5.92 Å². The second kappa shape index (κ2) is 11.5. The van der Waals surface area contributed by atoms with Gasteiger partial charge in [-0.25, -0.2) is 0 Å². The molecule has 0 spiro atoms. The first-order valence-electron chi connectivity index (χ1n) is 7.87. The molecule has 1 heterocycles. The van der Waals surface area contributed by atoms with Crippen LogP contribution < -0.4 is 10.6 Å². The number of aliphatic imine (C=N–C) groups is 1. The lowest BCUT2D eigenvalue weighted by Gasteiger charge is -2.37. The Bertz CT molecular complexity index is 293. The van der Waals surface area contributed by atoms with Crippen LogP contribution in [0.25, 0.3) is 0 Å². The topological polar surface area (TPSA) is 48.9 Å². The Morgan fingerprint density at radius 3 is 2.33 bits per heavy atom. The Hall–Kier alpha value is -0.0800. The van der Waals surface area contributed by atoms with Crippen LogP contribution in [0.2, 0.25) is 0 Å². The number of hydrogen-bond donors (Lipinski definition) is 2. The van der Waals surface area contributed by atoms with Gasteiger partial charge in [-0.15, -0.1) is 24.0 Å². The zero-order valence-corrected chi connectivity index (χ0v) is 16.5. The number of guanidine groups is 1. The summed E-state index contributed by atoms with van der Waals surface area (Å²) in [5.41, 5.74) is 0. The molecule has 0 radical (unpaired) electrons. The fraction of sp³-hybridized carbons (Fsp3) is 0.933. The van der Waals surface area contributed by atoms with Gasteiger partial charge in [-0.3, -0.25) is 9.89 Å². The predicted octanol–water partition coefficient (Wildman–Crippen LogP) is 1.92. The summed E-state index contributed by atoms with van der Waals surface area (Å²) in [7, 11) is 1.83. The molecule has 126 valence electrons. The maximum Gasteiger partial charge on any atom is 0.191 e. The fourth-order valence-electron chi connectivity index (χ4n) is 2.43. The van der Waals surface area contributed by atoms with E-state index in [4.69, 9.17) is 4.74 Å². The Morgan fingerprint density at radius 1 is 1.24 bits per heavy atom. The summed E-state index contributed by atoms with van der Waals surface area (Å²) in [6, 6.07) is 0.969. The maximum absolute atomic E-state index is 5.45. The third-order valence-electron chi connectivity index (χ3n) is 3.98. The van der Waals surface area contributed by atoms with Crippen molar-refractivity contribution >= 4 is 29.9 Å². The number of nitrogens with zero attached hydrogens (tertiary/aromatic N) is 2. The van der Waals surface area contributed by atoms with Crippen LogP contribution in [-0.4, -0.2) is 62.8 Å². The van der Waals surface area contributed by atoms with Gasteiger partial charge in [0, 0.05) is 38.8 Å². The van der Waals surface area contributed by atoms with E-state index in [0.29, 0.717) is 18.0 Å². The monoisotopic (exact) mass is 412 g/mol. The van der Waals surface area contributed by atoms with Crippen molar-refractivity contribution in [2.45, 2.75) is 46.2 Å². The van der Waals surface area contributed by atoms with Crippen LogP contribution in [-0.2, 0) is 4.74 Å². The van der Waals surface area contributed by atoms with Gasteiger partial charge in [0.15, 0.2) is 5.96 Å². The highest BCUT2D eigenvalue weighted by atomic mass is 127. The van der Waals surface area contributed by atoms with Crippen molar-refractivity contribution < 1.29 is 4.74 Å². The Kier molecular flexibility index (Phi) is 11.4. The van der Waals surface area contributed by atoms with E-state index >= 15 is 0 Å². The molecule has 6 heteroatoms. The normalized spacial score (nSPS) is 19.8.